The standard InChI is InChI=1S/C26H50N2O9/c1-23(2,9-13-27-20(30)17-29)35-15-11-25(5,6)37-26(7,8)12-16-36-24(3,4)10-14-28-21(31)18-34-19-22(32)33/h29H,9-19H2,1-8H3,(H,27,30)(H,28,31)(H,32,33). The summed E-state index contributed by atoms with van der Waals surface area (Å²) in [4.78, 5) is 33.3. The first kappa shape index (κ1) is 35.2. The summed E-state index contributed by atoms with van der Waals surface area (Å²) in [5.74, 6) is -1.88. The quantitative estimate of drug-likeness (QED) is 0.173. The van der Waals surface area contributed by atoms with Crippen LogP contribution in [0.4, 0.5) is 0 Å². The summed E-state index contributed by atoms with van der Waals surface area (Å²) in [6, 6.07) is 0. The number of hydrogen-bond donors (Lipinski definition) is 4. The lowest BCUT2D eigenvalue weighted by molar-refractivity contribution is -0.153. The summed E-state index contributed by atoms with van der Waals surface area (Å²) in [7, 11) is 0. The van der Waals surface area contributed by atoms with E-state index in [1.807, 2.05) is 55.4 Å². The molecule has 0 fully saturated rings. The van der Waals surface area contributed by atoms with E-state index < -0.39 is 47.5 Å². The lowest BCUT2D eigenvalue weighted by Crippen LogP contribution is -2.40. The zero-order valence-corrected chi connectivity index (χ0v) is 24.0. The third kappa shape index (κ3) is 19.9. The van der Waals surface area contributed by atoms with Crippen LogP contribution in [0.25, 0.3) is 0 Å². The minimum absolute atomic E-state index is 0.291. The van der Waals surface area contributed by atoms with E-state index in [0.717, 1.165) is 0 Å². The van der Waals surface area contributed by atoms with E-state index in [-0.39, 0.29) is 12.5 Å². The van der Waals surface area contributed by atoms with Crippen LogP contribution in [0.1, 0.15) is 81.1 Å². The molecule has 0 heterocycles. The molecule has 0 unspecified atom stereocenters. The van der Waals surface area contributed by atoms with Gasteiger partial charge in [0, 0.05) is 13.1 Å². The van der Waals surface area contributed by atoms with Crippen LogP contribution in [-0.2, 0) is 33.3 Å². The lowest BCUT2D eigenvalue weighted by Gasteiger charge is -2.37. The lowest BCUT2D eigenvalue weighted by atomic mass is 9.99. The van der Waals surface area contributed by atoms with Gasteiger partial charge in [-0.25, -0.2) is 4.79 Å². The van der Waals surface area contributed by atoms with E-state index in [2.05, 4.69) is 10.6 Å². The number of rotatable bonds is 21. The van der Waals surface area contributed by atoms with Crippen LogP contribution in [0, 0.1) is 0 Å². The van der Waals surface area contributed by atoms with Gasteiger partial charge in [0.1, 0.15) is 19.8 Å². The SMILES string of the molecule is CC(C)(CCNC(=O)CO)OCCC(C)(C)OC(C)(C)CCOC(C)(C)CCNC(=O)COCC(=O)O. The number of carbonyl (C=O) groups excluding carboxylic acids is 2. The van der Waals surface area contributed by atoms with E-state index in [1.54, 1.807) is 0 Å². The van der Waals surface area contributed by atoms with Gasteiger partial charge < -0.3 is 39.8 Å². The number of carboxylic acids is 1. The molecular weight excluding hydrogens is 484 g/mol. The molecule has 0 aromatic rings. The molecule has 0 spiro atoms. The van der Waals surface area contributed by atoms with Gasteiger partial charge in [0.15, 0.2) is 0 Å². The first-order chi connectivity index (χ1) is 16.9. The van der Waals surface area contributed by atoms with Crippen molar-refractivity contribution in [1.82, 2.24) is 10.6 Å². The minimum Gasteiger partial charge on any atom is -0.480 e. The summed E-state index contributed by atoms with van der Waals surface area (Å²) >= 11 is 0. The zero-order chi connectivity index (χ0) is 28.8. The smallest absolute Gasteiger partial charge is 0.329 e. The van der Waals surface area contributed by atoms with Gasteiger partial charge in [0.05, 0.1) is 35.6 Å². The van der Waals surface area contributed by atoms with Crippen molar-refractivity contribution in [3.05, 3.63) is 0 Å². The Hall–Kier alpha value is -1.79. The Morgan fingerprint density at radius 3 is 1.49 bits per heavy atom. The van der Waals surface area contributed by atoms with Crippen molar-refractivity contribution in [3.8, 4) is 0 Å². The number of ether oxygens (including phenoxy) is 4. The molecular formula is C26H50N2O9. The van der Waals surface area contributed by atoms with Crippen molar-refractivity contribution in [1.29, 1.82) is 0 Å². The number of carboxylic acid groups (broad SMARTS) is 1. The Labute approximate surface area is 221 Å². The van der Waals surface area contributed by atoms with Gasteiger partial charge in [-0.15, -0.1) is 0 Å². The molecule has 0 rings (SSSR count). The molecule has 0 aromatic carbocycles. The van der Waals surface area contributed by atoms with Crippen LogP contribution in [0.2, 0.25) is 0 Å². The first-order valence-corrected chi connectivity index (χ1v) is 12.8. The molecule has 0 aliphatic rings. The normalized spacial score (nSPS) is 12.9. The maximum atomic E-state index is 11.7. The van der Waals surface area contributed by atoms with Gasteiger partial charge in [-0.05, 0) is 81.1 Å². The van der Waals surface area contributed by atoms with E-state index in [1.165, 1.54) is 0 Å². The number of hydrogen-bond acceptors (Lipinski definition) is 8. The van der Waals surface area contributed by atoms with Crippen LogP contribution in [-0.4, -0.2) is 96.5 Å². The molecule has 0 radical (unpaired) electrons. The number of aliphatic carboxylic acids is 1. The van der Waals surface area contributed by atoms with Gasteiger partial charge in [-0.1, -0.05) is 0 Å². The number of nitrogens with one attached hydrogen (secondary N) is 2. The molecule has 218 valence electrons. The topological polar surface area (TPSA) is 153 Å². The molecule has 0 aromatic heterocycles. The van der Waals surface area contributed by atoms with Crippen molar-refractivity contribution in [3.63, 3.8) is 0 Å². The molecule has 4 N–H and O–H groups in total. The summed E-state index contributed by atoms with van der Waals surface area (Å²) < 4.78 is 23.2. The van der Waals surface area contributed by atoms with Crippen molar-refractivity contribution < 1.29 is 43.5 Å². The molecule has 0 bridgehead atoms. The molecule has 0 aliphatic heterocycles. The molecule has 11 nitrogen and oxygen atoms in total. The molecule has 37 heavy (non-hydrogen) atoms. The predicted octanol–water partition coefficient (Wildman–Crippen LogP) is 2.04. The fourth-order valence-electron chi connectivity index (χ4n) is 3.48. The number of aliphatic hydroxyl groups is 1. The van der Waals surface area contributed by atoms with E-state index in [0.29, 0.717) is 52.0 Å². The largest absolute Gasteiger partial charge is 0.480 e. The Kier molecular flexibility index (Phi) is 15.4. The van der Waals surface area contributed by atoms with Crippen molar-refractivity contribution in [2.24, 2.45) is 0 Å². The summed E-state index contributed by atoms with van der Waals surface area (Å²) in [6.07, 6.45) is 2.57. The maximum Gasteiger partial charge on any atom is 0.329 e. The highest BCUT2D eigenvalue weighted by Gasteiger charge is 2.31. The fourth-order valence-corrected chi connectivity index (χ4v) is 3.48. The monoisotopic (exact) mass is 534 g/mol. The summed E-state index contributed by atoms with van der Waals surface area (Å²) in [6.45, 7) is 16.4. The molecule has 0 atom stereocenters. The van der Waals surface area contributed by atoms with Crippen molar-refractivity contribution in [2.45, 2.75) is 103 Å². The molecule has 0 saturated carbocycles. The van der Waals surface area contributed by atoms with Gasteiger partial charge in [-0.2, -0.15) is 0 Å². The third-order valence-electron chi connectivity index (χ3n) is 5.65. The van der Waals surface area contributed by atoms with Crippen molar-refractivity contribution in [2.75, 3.05) is 46.1 Å². The van der Waals surface area contributed by atoms with Gasteiger partial charge in [-0.3, -0.25) is 9.59 Å². The summed E-state index contributed by atoms with van der Waals surface area (Å²) in [5.41, 5.74) is -1.73. The van der Waals surface area contributed by atoms with Crippen LogP contribution in [0.3, 0.4) is 0 Å². The number of amides is 2. The number of carbonyl (C=O) groups is 3. The van der Waals surface area contributed by atoms with Crippen LogP contribution in [0.15, 0.2) is 0 Å². The highest BCUT2D eigenvalue weighted by Crippen LogP contribution is 2.28. The van der Waals surface area contributed by atoms with Crippen molar-refractivity contribution >= 4 is 17.8 Å². The van der Waals surface area contributed by atoms with E-state index >= 15 is 0 Å². The van der Waals surface area contributed by atoms with Crippen LogP contribution < -0.4 is 10.6 Å². The predicted molar refractivity (Wildman–Crippen MR) is 139 cm³/mol. The van der Waals surface area contributed by atoms with E-state index in [9.17, 15) is 14.4 Å². The average molecular weight is 535 g/mol. The Morgan fingerprint density at radius 2 is 1.08 bits per heavy atom. The minimum atomic E-state index is -1.12. The fraction of sp³-hybridized carbons (Fsp3) is 0.885. The van der Waals surface area contributed by atoms with E-state index in [4.69, 9.17) is 29.2 Å². The van der Waals surface area contributed by atoms with Gasteiger partial charge >= 0.3 is 5.97 Å². The molecule has 0 saturated heterocycles. The first-order valence-electron chi connectivity index (χ1n) is 12.8. The average Bonchev–Trinajstić information content (AvgIpc) is 2.71. The second-order valence-corrected chi connectivity index (χ2v) is 11.6. The van der Waals surface area contributed by atoms with Gasteiger partial charge in [0.25, 0.3) is 0 Å². The zero-order valence-electron chi connectivity index (χ0n) is 24.0. The van der Waals surface area contributed by atoms with Crippen LogP contribution in [0.5, 0.6) is 0 Å². The Morgan fingerprint density at radius 1 is 0.649 bits per heavy atom. The third-order valence-corrected chi connectivity index (χ3v) is 5.65. The highest BCUT2D eigenvalue weighted by molar-refractivity contribution is 5.77. The Bertz CT molecular complexity index is 706. The highest BCUT2D eigenvalue weighted by atomic mass is 16.5. The molecule has 2 amide bonds. The molecule has 0 aliphatic carbocycles. The van der Waals surface area contributed by atoms with Gasteiger partial charge in [0.2, 0.25) is 11.8 Å². The van der Waals surface area contributed by atoms with Crippen LogP contribution >= 0.6 is 0 Å². The second-order valence-electron chi connectivity index (χ2n) is 11.6. The number of aliphatic hydroxyl groups excluding tert-OH is 1. The second kappa shape index (κ2) is 16.2. The summed E-state index contributed by atoms with van der Waals surface area (Å²) in [5, 5.41) is 22.6. The Balaban J connectivity index is 4.32. The maximum absolute atomic E-state index is 11.7. The molecule has 11 heteroatoms.